The van der Waals surface area contributed by atoms with E-state index in [2.05, 4.69) is 15.5 Å². The minimum Gasteiger partial charge on any atom is -0.467 e. The fourth-order valence-electron chi connectivity index (χ4n) is 2.14. The number of hydrogen-bond acceptors (Lipinski definition) is 4. The van der Waals surface area contributed by atoms with E-state index in [-0.39, 0.29) is 5.91 Å². The number of carbonyl (C=O) groups excluding carboxylic acids is 2. The van der Waals surface area contributed by atoms with Crippen molar-refractivity contribution in [2.24, 2.45) is 0 Å². The SMILES string of the molecule is CCCC(C)(NC(=O)c1c(C)n[nH]c1C)C(=O)OC. The zero-order valence-electron chi connectivity index (χ0n) is 12.1. The Morgan fingerprint density at radius 3 is 2.47 bits per heavy atom. The third kappa shape index (κ3) is 3.13. The molecule has 0 aliphatic rings. The fourth-order valence-corrected chi connectivity index (χ4v) is 2.14. The summed E-state index contributed by atoms with van der Waals surface area (Å²) in [5.41, 5.74) is 0.750. The van der Waals surface area contributed by atoms with Crippen molar-refractivity contribution in [3.63, 3.8) is 0 Å². The van der Waals surface area contributed by atoms with Crippen molar-refractivity contribution < 1.29 is 14.3 Å². The second-order valence-electron chi connectivity index (χ2n) is 4.84. The van der Waals surface area contributed by atoms with Crippen LogP contribution in [-0.4, -0.2) is 34.7 Å². The van der Waals surface area contributed by atoms with E-state index in [1.54, 1.807) is 20.8 Å². The van der Waals surface area contributed by atoms with Crippen LogP contribution in [-0.2, 0) is 9.53 Å². The van der Waals surface area contributed by atoms with E-state index in [4.69, 9.17) is 4.74 Å². The number of methoxy groups -OCH3 is 1. The molecule has 1 aromatic heterocycles. The highest BCUT2D eigenvalue weighted by atomic mass is 16.5. The van der Waals surface area contributed by atoms with E-state index in [0.29, 0.717) is 23.4 Å². The van der Waals surface area contributed by atoms with Crippen LogP contribution >= 0.6 is 0 Å². The number of amides is 1. The van der Waals surface area contributed by atoms with Gasteiger partial charge in [0.1, 0.15) is 5.54 Å². The topological polar surface area (TPSA) is 84.1 Å². The first-order valence-electron chi connectivity index (χ1n) is 6.28. The van der Waals surface area contributed by atoms with Crippen molar-refractivity contribution in [1.29, 1.82) is 0 Å². The molecule has 0 aliphatic heterocycles. The maximum atomic E-state index is 12.3. The predicted octanol–water partition coefficient (Wildman–Crippen LogP) is 1.49. The number of H-pyrrole nitrogens is 1. The Morgan fingerprint density at radius 1 is 1.42 bits per heavy atom. The van der Waals surface area contributed by atoms with Crippen molar-refractivity contribution >= 4 is 11.9 Å². The second kappa shape index (κ2) is 5.86. The van der Waals surface area contributed by atoms with E-state index in [9.17, 15) is 9.59 Å². The number of carbonyl (C=O) groups is 2. The standard InChI is InChI=1S/C13H21N3O3/c1-6-7-13(4,12(18)19-5)14-11(17)10-8(2)15-16-9(10)3/h6-7H2,1-5H3,(H,14,17)(H,15,16). The summed E-state index contributed by atoms with van der Waals surface area (Å²) in [6.45, 7) is 7.13. The Balaban J connectivity index is 2.98. The van der Waals surface area contributed by atoms with Crippen LogP contribution < -0.4 is 5.32 Å². The van der Waals surface area contributed by atoms with Gasteiger partial charge in [-0.25, -0.2) is 4.79 Å². The molecule has 1 atom stereocenters. The monoisotopic (exact) mass is 267 g/mol. The minimum absolute atomic E-state index is 0.315. The molecule has 1 unspecified atom stereocenters. The molecule has 1 heterocycles. The average Bonchev–Trinajstić information content (AvgIpc) is 2.68. The zero-order chi connectivity index (χ0) is 14.6. The smallest absolute Gasteiger partial charge is 0.331 e. The zero-order valence-corrected chi connectivity index (χ0v) is 12.1. The molecular weight excluding hydrogens is 246 g/mol. The second-order valence-corrected chi connectivity index (χ2v) is 4.84. The quantitative estimate of drug-likeness (QED) is 0.792. The number of esters is 1. The summed E-state index contributed by atoms with van der Waals surface area (Å²) in [7, 11) is 1.32. The van der Waals surface area contributed by atoms with Crippen LogP contribution in [0.1, 0.15) is 48.4 Å². The van der Waals surface area contributed by atoms with Crippen LogP contribution in [0, 0.1) is 13.8 Å². The molecule has 0 saturated heterocycles. The number of nitrogens with zero attached hydrogens (tertiary/aromatic N) is 1. The number of hydrogen-bond donors (Lipinski definition) is 2. The van der Waals surface area contributed by atoms with Gasteiger partial charge in [-0.1, -0.05) is 13.3 Å². The van der Waals surface area contributed by atoms with Crippen LogP contribution in [0.15, 0.2) is 0 Å². The molecule has 1 rings (SSSR count). The predicted molar refractivity (Wildman–Crippen MR) is 70.9 cm³/mol. The molecular formula is C13H21N3O3. The molecule has 2 N–H and O–H groups in total. The number of aromatic nitrogens is 2. The van der Waals surface area contributed by atoms with E-state index in [1.807, 2.05) is 6.92 Å². The van der Waals surface area contributed by atoms with Gasteiger partial charge in [-0.3, -0.25) is 9.89 Å². The first-order valence-corrected chi connectivity index (χ1v) is 6.28. The van der Waals surface area contributed by atoms with Gasteiger partial charge in [-0.2, -0.15) is 5.10 Å². The molecule has 19 heavy (non-hydrogen) atoms. The molecule has 6 nitrogen and oxygen atoms in total. The minimum atomic E-state index is -1.02. The maximum absolute atomic E-state index is 12.3. The number of aromatic amines is 1. The van der Waals surface area contributed by atoms with Crippen molar-refractivity contribution in [2.75, 3.05) is 7.11 Å². The van der Waals surface area contributed by atoms with Crippen molar-refractivity contribution in [1.82, 2.24) is 15.5 Å². The number of ether oxygens (including phenoxy) is 1. The van der Waals surface area contributed by atoms with Crippen molar-refractivity contribution in [3.05, 3.63) is 17.0 Å². The van der Waals surface area contributed by atoms with Gasteiger partial charge in [0.15, 0.2) is 0 Å². The molecule has 106 valence electrons. The highest BCUT2D eigenvalue weighted by molar-refractivity contribution is 5.99. The lowest BCUT2D eigenvalue weighted by atomic mass is 9.95. The van der Waals surface area contributed by atoms with E-state index >= 15 is 0 Å². The van der Waals surface area contributed by atoms with Gasteiger partial charge in [0.05, 0.1) is 18.4 Å². The Hall–Kier alpha value is -1.85. The molecule has 0 aromatic carbocycles. The Kier molecular flexibility index (Phi) is 4.69. The van der Waals surface area contributed by atoms with Crippen LogP contribution in [0.2, 0.25) is 0 Å². The maximum Gasteiger partial charge on any atom is 0.331 e. The fraction of sp³-hybridized carbons (Fsp3) is 0.615. The van der Waals surface area contributed by atoms with Gasteiger partial charge in [-0.15, -0.1) is 0 Å². The number of aryl methyl sites for hydroxylation is 2. The van der Waals surface area contributed by atoms with Gasteiger partial charge >= 0.3 is 5.97 Å². The van der Waals surface area contributed by atoms with Crippen LogP contribution in [0.4, 0.5) is 0 Å². The summed E-state index contributed by atoms with van der Waals surface area (Å²) in [5, 5.41) is 9.48. The van der Waals surface area contributed by atoms with Crippen LogP contribution in [0.5, 0.6) is 0 Å². The number of rotatable bonds is 5. The molecule has 0 spiro atoms. The summed E-state index contributed by atoms with van der Waals surface area (Å²) in [4.78, 5) is 24.1. The highest BCUT2D eigenvalue weighted by Crippen LogP contribution is 2.17. The Labute approximate surface area is 112 Å². The van der Waals surface area contributed by atoms with Crippen molar-refractivity contribution in [2.45, 2.75) is 46.1 Å². The molecule has 1 aromatic rings. The lowest BCUT2D eigenvalue weighted by Crippen LogP contribution is -2.52. The average molecular weight is 267 g/mol. The third-order valence-corrected chi connectivity index (χ3v) is 3.13. The summed E-state index contributed by atoms with van der Waals surface area (Å²) < 4.78 is 4.77. The highest BCUT2D eigenvalue weighted by Gasteiger charge is 2.36. The molecule has 0 fully saturated rings. The Bertz CT molecular complexity index is 462. The van der Waals surface area contributed by atoms with E-state index in [1.165, 1.54) is 7.11 Å². The lowest BCUT2D eigenvalue weighted by molar-refractivity contribution is -0.147. The first-order chi connectivity index (χ1) is 8.85. The van der Waals surface area contributed by atoms with Crippen LogP contribution in [0.25, 0.3) is 0 Å². The third-order valence-electron chi connectivity index (χ3n) is 3.13. The molecule has 0 saturated carbocycles. The molecule has 0 aliphatic carbocycles. The largest absolute Gasteiger partial charge is 0.467 e. The molecule has 1 amide bonds. The van der Waals surface area contributed by atoms with Gasteiger partial charge in [0.2, 0.25) is 0 Å². The summed E-state index contributed by atoms with van der Waals surface area (Å²) in [6, 6.07) is 0. The Morgan fingerprint density at radius 2 is 2.05 bits per heavy atom. The van der Waals surface area contributed by atoms with E-state index in [0.717, 1.165) is 6.42 Å². The molecule has 0 radical (unpaired) electrons. The first kappa shape index (κ1) is 15.2. The lowest BCUT2D eigenvalue weighted by Gasteiger charge is -2.27. The summed E-state index contributed by atoms with van der Waals surface area (Å²) in [6.07, 6.45) is 1.27. The normalized spacial score (nSPS) is 13.7. The van der Waals surface area contributed by atoms with Gasteiger partial charge < -0.3 is 10.1 Å². The van der Waals surface area contributed by atoms with E-state index < -0.39 is 11.5 Å². The summed E-state index contributed by atoms with van der Waals surface area (Å²) in [5.74, 6) is -0.758. The van der Waals surface area contributed by atoms with Gasteiger partial charge in [0.25, 0.3) is 5.91 Å². The van der Waals surface area contributed by atoms with Crippen LogP contribution in [0.3, 0.4) is 0 Å². The van der Waals surface area contributed by atoms with Gasteiger partial charge in [0, 0.05) is 5.69 Å². The van der Waals surface area contributed by atoms with Gasteiger partial charge in [-0.05, 0) is 27.2 Å². The molecule has 0 bridgehead atoms. The number of nitrogens with one attached hydrogen (secondary N) is 2. The van der Waals surface area contributed by atoms with Crippen molar-refractivity contribution in [3.8, 4) is 0 Å². The summed E-state index contributed by atoms with van der Waals surface area (Å²) >= 11 is 0. The molecule has 6 heteroatoms.